The predicted octanol–water partition coefficient (Wildman–Crippen LogP) is -4.44. The van der Waals surface area contributed by atoms with Crippen LogP contribution in [-0.4, -0.2) is 23.1 Å². The normalized spacial score (nSPS) is 27.0. The van der Waals surface area contributed by atoms with Crippen molar-refractivity contribution < 1.29 is 71.8 Å². The van der Waals surface area contributed by atoms with Gasteiger partial charge in [0.25, 0.3) is 11.6 Å². The molecule has 40 heavy (non-hydrogen) atoms. The molecule has 2 aromatic carbocycles. The number of Topliss-reactive ketones (excluding diaryl/α,β-unsaturated/α-hetero) is 4. The lowest BCUT2D eigenvalue weighted by atomic mass is 9.50. The topological polar surface area (TPSA) is 114 Å². The smallest absolute Gasteiger partial charge is 0.361 e. The lowest BCUT2D eigenvalue weighted by Crippen LogP contribution is -3.61. The Kier molecular flexibility index (Phi) is 6.15. The predicted molar refractivity (Wildman–Crippen MR) is 131 cm³/mol. The third-order valence-electron chi connectivity index (χ3n) is 7.88. The number of benzene rings is 2. The summed E-state index contributed by atoms with van der Waals surface area (Å²) in [5.41, 5.74) is 0.368. The Hall–Kier alpha value is -3.38. The average molecular weight is 752 g/mol. The Balaban J connectivity index is 1.44. The standard InChI is InChI=1S/C32H18I2O6/c35-27-21-19-17-13-7-8-14-18(17)20(23(21)29(37)31(39)25(27)33-15-9-3-1-4-10-15)24-22(19)28(36)26(32(40)30(24)38)34-16-11-5-2-6-12-16/h1-14,17-20H. The average Bonchev–Trinajstić information content (AvgIpc) is 2.99. The molecule has 2 bridgehead atoms. The molecule has 0 amide bonds. The van der Waals surface area contributed by atoms with Crippen LogP contribution >= 0.6 is 0 Å². The van der Waals surface area contributed by atoms with Crippen LogP contribution in [0.1, 0.15) is 0 Å². The highest BCUT2D eigenvalue weighted by Crippen LogP contribution is 2.60. The van der Waals surface area contributed by atoms with E-state index < -0.39 is 94.8 Å². The summed E-state index contributed by atoms with van der Waals surface area (Å²) in [6.45, 7) is 0. The van der Waals surface area contributed by atoms with Crippen LogP contribution in [0.2, 0.25) is 0 Å². The summed E-state index contributed by atoms with van der Waals surface area (Å²) >= 11 is -2.50. The van der Waals surface area contributed by atoms with E-state index >= 15 is 0 Å². The fourth-order valence-corrected chi connectivity index (χ4v) is 11.2. The van der Waals surface area contributed by atoms with Crippen molar-refractivity contribution in [3.63, 3.8) is 0 Å². The summed E-state index contributed by atoms with van der Waals surface area (Å²) in [5, 5.41) is 28.2. The second-order valence-electron chi connectivity index (χ2n) is 9.92. The van der Waals surface area contributed by atoms with Crippen molar-refractivity contribution in [2.24, 2.45) is 23.7 Å². The van der Waals surface area contributed by atoms with Gasteiger partial charge in [-0.3, -0.25) is 19.2 Å². The molecule has 2 atom stereocenters. The first-order valence-corrected chi connectivity index (χ1v) is 16.9. The summed E-state index contributed by atoms with van der Waals surface area (Å²) in [6.07, 6.45) is 7.40. The van der Waals surface area contributed by atoms with Gasteiger partial charge in [-0.15, -0.1) is 0 Å². The zero-order valence-corrected chi connectivity index (χ0v) is 24.9. The molecule has 0 saturated carbocycles. The van der Waals surface area contributed by atoms with Crippen molar-refractivity contribution in [3.05, 3.63) is 133 Å². The lowest BCUT2D eigenvalue weighted by Gasteiger charge is -2.54. The summed E-state index contributed by atoms with van der Waals surface area (Å²) < 4.78 is 1.63. The van der Waals surface area contributed by atoms with E-state index in [1.54, 1.807) is 6.08 Å². The molecule has 6 aliphatic rings. The first-order valence-electron chi connectivity index (χ1n) is 12.6. The number of rotatable bonds is 4. The molecule has 6 aliphatic carbocycles. The van der Waals surface area contributed by atoms with Crippen molar-refractivity contribution in [2.45, 2.75) is 0 Å². The van der Waals surface area contributed by atoms with Crippen molar-refractivity contribution in [1.29, 1.82) is 0 Å². The van der Waals surface area contributed by atoms with E-state index in [0.29, 0.717) is 0 Å². The number of allylic oxidation sites excluding steroid dienone is 10. The minimum absolute atomic E-state index is 0.0101. The second kappa shape index (κ2) is 9.62. The van der Waals surface area contributed by atoms with Crippen molar-refractivity contribution >= 4 is 23.1 Å². The number of hydrogen-bond donors (Lipinski definition) is 0. The van der Waals surface area contributed by atoms with Gasteiger partial charge in [0.05, 0.1) is 0 Å². The molecule has 2 unspecified atom stereocenters. The van der Waals surface area contributed by atoms with E-state index in [0.717, 1.165) is 7.14 Å². The van der Waals surface area contributed by atoms with Gasteiger partial charge in [0, 0.05) is 23.0 Å². The number of carbonyl (C=O) groups excluding carboxylic acids is 4. The molecule has 0 aromatic heterocycles. The van der Waals surface area contributed by atoms with Crippen LogP contribution in [0.25, 0.3) is 0 Å². The highest BCUT2D eigenvalue weighted by molar-refractivity contribution is 6.52. The van der Waals surface area contributed by atoms with E-state index in [1.165, 1.54) is 0 Å². The summed E-state index contributed by atoms with van der Waals surface area (Å²) in [7, 11) is 0. The quantitative estimate of drug-likeness (QED) is 0.177. The maximum Gasteiger partial charge on any atom is 0.361 e. The summed E-state index contributed by atoms with van der Waals surface area (Å²) in [4.78, 5) is 54.2. The van der Waals surface area contributed by atoms with Gasteiger partial charge in [0.15, 0.2) is 7.14 Å². The van der Waals surface area contributed by atoms with E-state index in [-0.39, 0.29) is 35.4 Å². The van der Waals surface area contributed by atoms with Crippen LogP contribution in [-0.2, 0) is 19.2 Å². The first kappa shape index (κ1) is 25.6. The van der Waals surface area contributed by atoms with Crippen molar-refractivity contribution in [1.82, 2.24) is 0 Å². The molecule has 6 nitrogen and oxygen atoms in total. The van der Waals surface area contributed by atoms with E-state index in [1.807, 2.05) is 78.9 Å². The minimum atomic E-state index is -1.25. The van der Waals surface area contributed by atoms with Crippen molar-refractivity contribution in [2.75, 3.05) is 0 Å². The van der Waals surface area contributed by atoms with Gasteiger partial charge in [-0.1, -0.05) is 60.7 Å². The van der Waals surface area contributed by atoms with Crippen LogP contribution in [0.4, 0.5) is 0 Å². The molecule has 0 spiro atoms. The highest BCUT2D eigenvalue weighted by atomic mass is 127. The Morgan fingerprint density at radius 1 is 0.500 bits per heavy atom. The number of ketones is 4. The summed E-state index contributed by atoms with van der Waals surface area (Å²) in [5.74, 6) is -6.80. The molecule has 0 N–H and O–H groups in total. The Morgan fingerprint density at radius 3 is 1.27 bits per heavy atom. The van der Waals surface area contributed by atoms with E-state index in [9.17, 15) is 29.4 Å². The maximum atomic E-state index is 14.1. The fourth-order valence-electron chi connectivity index (χ4n) is 6.32. The van der Waals surface area contributed by atoms with Crippen molar-refractivity contribution in [3.8, 4) is 0 Å². The van der Waals surface area contributed by atoms with Gasteiger partial charge in [0.2, 0.25) is 18.7 Å². The Bertz CT molecular complexity index is 1630. The largest absolute Gasteiger partial charge is 0.869 e. The number of halogens is 2. The van der Waals surface area contributed by atoms with Crippen LogP contribution in [0.3, 0.4) is 0 Å². The molecule has 2 aromatic rings. The maximum absolute atomic E-state index is 14.1. The Labute approximate surface area is 250 Å². The van der Waals surface area contributed by atoms with E-state index in [2.05, 4.69) is 0 Å². The fraction of sp³-hybridized carbons (Fsp3) is 0.125. The molecule has 0 saturated heterocycles. The molecule has 8 rings (SSSR count). The minimum Gasteiger partial charge on any atom is -0.869 e. The van der Waals surface area contributed by atoms with E-state index in [4.69, 9.17) is 0 Å². The molecular formula is C32H18I2O6. The van der Waals surface area contributed by atoms with Gasteiger partial charge >= 0.3 is 42.4 Å². The summed E-state index contributed by atoms with van der Waals surface area (Å²) in [6, 6.07) is 18.3. The molecule has 0 radical (unpaired) electrons. The van der Waals surface area contributed by atoms with Crippen LogP contribution < -0.4 is 52.6 Å². The van der Waals surface area contributed by atoms with Gasteiger partial charge in [-0.05, 0) is 58.8 Å². The number of hydrogen-bond acceptors (Lipinski definition) is 6. The molecule has 0 fully saturated rings. The molecule has 0 aliphatic heterocycles. The van der Waals surface area contributed by atoms with Gasteiger partial charge in [0.1, 0.15) is 0 Å². The molecule has 196 valence electrons. The molecule has 0 heterocycles. The highest BCUT2D eigenvalue weighted by Gasteiger charge is 2.60. The Morgan fingerprint density at radius 2 is 0.875 bits per heavy atom. The third kappa shape index (κ3) is 3.64. The van der Waals surface area contributed by atoms with Crippen LogP contribution in [0.15, 0.2) is 126 Å². The first-order chi connectivity index (χ1) is 19.4. The SMILES string of the molecule is O=C1C(=O)C2=C(C([O-])=C1[I+]c1ccccc1)C1C3=C(C(=O)C(=O)C([I+]c4ccccc4)=C3[O-])C2C2C=CC=CC12. The monoisotopic (exact) mass is 752 g/mol. The molecular weight excluding hydrogens is 734 g/mol. The zero-order valence-electron chi connectivity index (χ0n) is 20.6. The third-order valence-corrected chi connectivity index (χ3v) is 13.6. The number of carbonyl (C=O) groups is 4. The molecule has 8 heteroatoms. The zero-order chi connectivity index (χ0) is 27.7. The van der Waals surface area contributed by atoms with Gasteiger partial charge < -0.3 is 10.2 Å². The lowest BCUT2D eigenvalue weighted by molar-refractivity contribution is -0.577. The van der Waals surface area contributed by atoms with Crippen LogP contribution in [0.5, 0.6) is 0 Å². The van der Waals surface area contributed by atoms with Gasteiger partial charge in [-0.2, -0.15) is 0 Å². The van der Waals surface area contributed by atoms with Crippen LogP contribution in [0, 0.1) is 30.8 Å². The van der Waals surface area contributed by atoms with Gasteiger partial charge in [-0.25, -0.2) is 0 Å². The second-order valence-corrected chi connectivity index (χ2v) is 15.6.